The predicted molar refractivity (Wildman–Crippen MR) is 118 cm³/mol. The van der Waals surface area contributed by atoms with Crippen molar-refractivity contribution in [2.24, 2.45) is 4.99 Å². The summed E-state index contributed by atoms with van der Waals surface area (Å²) in [6.07, 6.45) is 3.71. The third-order valence-corrected chi connectivity index (χ3v) is 5.27. The number of rotatable bonds is 7. The molecule has 30 heavy (non-hydrogen) atoms. The number of nitrogens with one attached hydrogen (secondary N) is 1. The van der Waals surface area contributed by atoms with Crippen molar-refractivity contribution in [1.29, 1.82) is 0 Å². The molecule has 0 atom stereocenters. The maximum atomic E-state index is 10.8. The lowest BCUT2D eigenvalue weighted by Gasteiger charge is -2.11. The van der Waals surface area contributed by atoms with Gasteiger partial charge in [0.15, 0.2) is 5.17 Å². The Hall–Kier alpha value is -2.99. The average molecular weight is 446 g/mol. The van der Waals surface area contributed by atoms with E-state index in [0.717, 1.165) is 10.7 Å². The number of thioether (sulfide) groups is 2. The lowest BCUT2D eigenvalue weighted by Crippen LogP contribution is -2.12. The Balaban J connectivity index is 1.72. The Kier molecular flexibility index (Phi) is 7.36. The Morgan fingerprint density at radius 1 is 1.30 bits per heavy atom. The van der Waals surface area contributed by atoms with Crippen LogP contribution >= 0.6 is 23.5 Å². The first-order valence-electron chi connectivity index (χ1n) is 8.89. The molecule has 2 heterocycles. The Morgan fingerprint density at radius 3 is 2.73 bits per heavy atom. The summed E-state index contributed by atoms with van der Waals surface area (Å²) in [7, 11) is 0. The number of nitro benzene ring substituents is 1. The van der Waals surface area contributed by atoms with Gasteiger partial charge in [0.25, 0.3) is 10.9 Å². The van der Waals surface area contributed by atoms with Crippen LogP contribution in [0.1, 0.15) is 18.3 Å². The number of nitrogens with zero attached hydrogens (tertiary/aromatic N) is 6. The summed E-state index contributed by atoms with van der Waals surface area (Å²) in [4.78, 5) is 23.5. The van der Waals surface area contributed by atoms with Gasteiger partial charge < -0.3 is 9.73 Å². The number of aromatic nitrogens is 4. The minimum Gasteiger partial charge on any atom is -0.411 e. The number of non-ortho nitro benzene ring substituents is 1. The second-order valence-corrected chi connectivity index (χ2v) is 7.59. The van der Waals surface area contributed by atoms with E-state index in [9.17, 15) is 10.1 Å². The highest BCUT2D eigenvalue weighted by atomic mass is 32.2. The number of aliphatic imine (C=N–C) groups is 1. The van der Waals surface area contributed by atoms with Crippen molar-refractivity contribution in [2.75, 3.05) is 18.1 Å². The first-order valence-corrected chi connectivity index (χ1v) is 11.1. The number of amidine groups is 1. The first kappa shape index (κ1) is 21.7. The first-order chi connectivity index (χ1) is 14.5. The molecule has 0 saturated heterocycles. The molecule has 3 rings (SSSR count). The van der Waals surface area contributed by atoms with Crippen LogP contribution in [0.4, 0.5) is 11.5 Å². The number of nitro groups is 1. The van der Waals surface area contributed by atoms with Crippen LogP contribution in [0.25, 0.3) is 11.5 Å². The van der Waals surface area contributed by atoms with E-state index in [0.29, 0.717) is 40.6 Å². The van der Waals surface area contributed by atoms with Crippen LogP contribution in [0.3, 0.4) is 0 Å². The molecule has 0 radical (unpaired) electrons. The van der Waals surface area contributed by atoms with Crippen LogP contribution in [0.5, 0.6) is 0 Å². The molecule has 0 amide bonds. The molecule has 2 aromatic heterocycles. The summed E-state index contributed by atoms with van der Waals surface area (Å²) >= 11 is 2.86. The van der Waals surface area contributed by atoms with E-state index >= 15 is 0 Å². The highest BCUT2D eigenvalue weighted by molar-refractivity contribution is 8.13. The average Bonchev–Trinajstić information content (AvgIpc) is 3.22. The molecule has 12 heteroatoms. The molecule has 0 bridgehead atoms. The number of anilines is 1. The van der Waals surface area contributed by atoms with Crippen LogP contribution in [-0.4, -0.2) is 43.1 Å². The third kappa shape index (κ3) is 5.54. The largest absolute Gasteiger partial charge is 0.411 e. The van der Waals surface area contributed by atoms with Crippen LogP contribution in [0.2, 0.25) is 0 Å². The van der Waals surface area contributed by atoms with Crippen molar-refractivity contribution in [2.45, 2.75) is 24.8 Å². The summed E-state index contributed by atoms with van der Waals surface area (Å²) in [5.74, 6) is 2.15. The van der Waals surface area contributed by atoms with Crippen LogP contribution in [0, 0.1) is 17.0 Å². The van der Waals surface area contributed by atoms with Gasteiger partial charge in [0.1, 0.15) is 11.6 Å². The van der Waals surface area contributed by atoms with Gasteiger partial charge in [-0.15, -0.1) is 10.2 Å². The van der Waals surface area contributed by atoms with E-state index < -0.39 is 4.92 Å². The molecule has 10 nitrogen and oxygen atoms in total. The minimum atomic E-state index is -0.457. The van der Waals surface area contributed by atoms with Gasteiger partial charge >= 0.3 is 0 Å². The normalized spacial score (nSPS) is 11.5. The van der Waals surface area contributed by atoms with E-state index in [1.165, 1.54) is 35.7 Å². The van der Waals surface area contributed by atoms with Crippen molar-refractivity contribution in [3.63, 3.8) is 0 Å². The topological polar surface area (TPSA) is 132 Å². The molecule has 0 aliphatic heterocycles. The van der Waals surface area contributed by atoms with Crippen molar-refractivity contribution >= 4 is 40.2 Å². The second kappa shape index (κ2) is 10.2. The molecule has 0 aliphatic carbocycles. The monoisotopic (exact) mass is 445 g/mol. The molecule has 0 unspecified atom stereocenters. The van der Waals surface area contributed by atoms with Gasteiger partial charge in [0, 0.05) is 41.8 Å². The molecule has 1 aromatic carbocycles. The molecule has 1 N–H and O–H groups in total. The highest BCUT2D eigenvalue weighted by Crippen LogP contribution is 2.28. The van der Waals surface area contributed by atoms with Crippen LogP contribution in [0.15, 0.2) is 45.1 Å². The van der Waals surface area contributed by atoms with Gasteiger partial charge in [-0.05, 0) is 32.2 Å². The Morgan fingerprint density at radius 2 is 2.07 bits per heavy atom. The van der Waals surface area contributed by atoms with Gasteiger partial charge in [0.2, 0.25) is 5.89 Å². The smallest absolute Gasteiger partial charge is 0.277 e. The third-order valence-electron chi connectivity index (χ3n) is 3.79. The second-order valence-electron chi connectivity index (χ2n) is 5.87. The van der Waals surface area contributed by atoms with Crippen molar-refractivity contribution in [3.8, 4) is 11.5 Å². The van der Waals surface area contributed by atoms with Gasteiger partial charge in [-0.3, -0.25) is 15.1 Å². The lowest BCUT2D eigenvalue weighted by atomic mass is 10.2. The quantitative estimate of drug-likeness (QED) is 0.185. The summed E-state index contributed by atoms with van der Waals surface area (Å²) in [6.45, 7) is 4.47. The fourth-order valence-electron chi connectivity index (χ4n) is 2.36. The molecule has 3 aromatic rings. The lowest BCUT2D eigenvalue weighted by molar-refractivity contribution is -0.384. The minimum absolute atomic E-state index is 0.00323. The fourth-order valence-corrected chi connectivity index (χ4v) is 3.54. The van der Waals surface area contributed by atoms with Gasteiger partial charge in [-0.25, -0.2) is 9.97 Å². The number of aryl methyl sites for hydroxylation is 1. The Labute approximate surface area is 181 Å². The number of hydrogen-bond acceptors (Lipinski definition) is 10. The van der Waals surface area contributed by atoms with E-state index in [1.54, 1.807) is 18.3 Å². The maximum absolute atomic E-state index is 10.8. The summed E-state index contributed by atoms with van der Waals surface area (Å²) in [5.41, 5.74) is 1.49. The van der Waals surface area contributed by atoms with E-state index in [1.807, 2.05) is 20.1 Å². The summed E-state index contributed by atoms with van der Waals surface area (Å²) < 4.78 is 5.68. The van der Waals surface area contributed by atoms with Crippen molar-refractivity contribution in [3.05, 3.63) is 52.0 Å². The zero-order chi connectivity index (χ0) is 21.5. The molecular formula is C18H19N7O3S2. The summed E-state index contributed by atoms with van der Waals surface area (Å²) in [5, 5.41) is 23.2. The summed E-state index contributed by atoms with van der Waals surface area (Å²) in [6, 6.07) is 5.95. The molecular weight excluding hydrogens is 426 g/mol. The molecule has 0 aliphatic rings. The van der Waals surface area contributed by atoms with Gasteiger partial charge in [0.05, 0.1) is 4.92 Å². The number of hydrogen-bond donors (Lipinski definition) is 1. The molecule has 0 saturated carbocycles. The molecule has 156 valence electrons. The maximum Gasteiger partial charge on any atom is 0.277 e. The van der Waals surface area contributed by atoms with Gasteiger partial charge in [-0.1, -0.05) is 23.5 Å². The predicted octanol–water partition coefficient (Wildman–Crippen LogP) is 4.19. The highest BCUT2D eigenvalue weighted by Gasteiger charge is 2.14. The van der Waals surface area contributed by atoms with Gasteiger partial charge in [-0.2, -0.15) is 0 Å². The van der Waals surface area contributed by atoms with E-state index in [-0.39, 0.29) is 5.69 Å². The fraction of sp³-hybridized carbons (Fsp3) is 0.278. The van der Waals surface area contributed by atoms with E-state index in [4.69, 9.17) is 4.42 Å². The zero-order valence-electron chi connectivity index (χ0n) is 16.5. The zero-order valence-corrected chi connectivity index (χ0v) is 18.2. The molecule has 0 fully saturated rings. The Bertz CT molecular complexity index is 1050. The van der Waals surface area contributed by atoms with Crippen molar-refractivity contribution < 1.29 is 9.34 Å². The SMILES string of the molecule is CCN=C(Nc1nc(C)ncc1CSc1nnc(-c2ccc([N+](=O)[O-])cc2)o1)SC. The number of benzene rings is 1. The molecule has 0 spiro atoms. The van der Waals surface area contributed by atoms with E-state index in [2.05, 4.69) is 30.5 Å². The van der Waals surface area contributed by atoms with Crippen LogP contribution in [-0.2, 0) is 5.75 Å². The van der Waals surface area contributed by atoms with Crippen LogP contribution < -0.4 is 5.32 Å². The standard InChI is InChI=1S/C18H19N7O3S2/c1-4-19-17(29-3)22-15-13(9-20-11(2)21-15)10-30-18-24-23-16(28-18)12-5-7-14(8-6-12)25(26)27/h5-9H,4,10H2,1-3H3,(H,19,20,21,22). The van der Waals surface area contributed by atoms with Crippen molar-refractivity contribution in [1.82, 2.24) is 20.2 Å².